The van der Waals surface area contributed by atoms with Crippen molar-refractivity contribution < 1.29 is 13.2 Å². The van der Waals surface area contributed by atoms with E-state index in [9.17, 15) is 13.2 Å². The number of aryl methyl sites for hydroxylation is 1. The minimum absolute atomic E-state index is 0.211. The highest BCUT2D eigenvalue weighted by atomic mass is 19.4. The predicted molar refractivity (Wildman–Crippen MR) is 81.6 cm³/mol. The highest BCUT2D eigenvalue weighted by molar-refractivity contribution is 5.92. The van der Waals surface area contributed by atoms with Gasteiger partial charge in [0.05, 0.1) is 12.1 Å². The molecule has 0 saturated carbocycles. The Hall–Kier alpha value is -2.50. The van der Waals surface area contributed by atoms with Crippen LogP contribution in [0.5, 0.6) is 0 Å². The van der Waals surface area contributed by atoms with Gasteiger partial charge in [-0.05, 0) is 36.8 Å². The van der Waals surface area contributed by atoms with Crippen LogP contribution in [0, 0.1) is 6.92 Å². The zero-order chi connectivity index (χ0) is 16.2. The van der Waals surface area contributed by atoms with E-state index < -0.39 is 11.7 Å². The van der Waals surface area contributed by atoms with Crippen LogP contribution in [0.2, 0.25) is 0 Å². The average Bonchev–Trinajstić information content (AvgIpc) is 2.47. The average molecular weight is 307 g/mol. The Morgan fingerprint density at radius 1 is 1.05 bits per heavy atom. The van der Waals surface area contributed by atoms with Crippen molar-refractivity contribution in [3.05, 3.63) is 65.2 Å². The second-order valence-electron chi connectivity index (χ2n) is 4.89. The number of hydrogen-bond donors (Lipinski definition) is 2. The second kappa shape index (κ2) is 6.51. The minimum Gasteiger partial charge on any atom is -0.370 e. The molecule has 0 bridgehead atoms. The van der Waals surface area contributed by atoms with Gasteiger partial charge in [0.25, 0.3) is 0 Å². The molecule has 2 aromatic rings. The molecule has 2 aromatic carbocycles. The summed E-state index contributed by atoms with van der Waals surface area (Å²) in [6.07, 6.45) is -4.33. The van der Waals surface area contributed by atoms with Gasteiger partial charge >= 0.3 is 6.18 Å². The molecule has 0 aliphatic heterocycles. The van der Waals surface area contributed by atoms with E-state index in [4.69, 9.17) is 5.73 Å². The number of nitrogens with two attached hydrogens (primary N) is 1. The van der Waals surface area contributed by atoms with E-state index in [1.54, 1.807) is 0 Å². The molecule has 0 aromatic heterocycles. The summed E-state index contributed by atoms with van der Waals surface area (Å²) in [5.74, 6) is 0.212. The molecule has 0 heterocycles. The van der Waals surface area contributed by atoms with E-state index in [0.29, 0.717) is 5.56 Å². The third-order valence-corrected chi connectivity index (χ3v) is 3.04. The Kier molecular flexibility index (Phi) is 4.70. The van der Waals surface area contributed by atoms with Crippen molar-refractivity contribution in [3.63, 3.8) is 0 Å². The van der Waals surface area contributed by atoms with Gasteiger partial charge in [0.15, 0.2) is 5.96 Å². The fraction of sp³-hybridized carbons (Fsp3) is 0.188. The van der Waals surface area contributed by atoms with E-state index in [1.165, 1.54) is 12.1 Å². The largest absolute Gasteiger partial charge is 0.416 e. The van der Waals surface area contributed by atoms with E-state index in [-0.39, 0.29) is 12.5 Å². The second-order valence-corrected chi connectivity index (χ2v) is 4.89. The monoisotopic (exact) mass is 307 g/mol. The Morgan fingerprint density at radius 2 is 1.64 bits per heavy atom. The summed E-state index contributed by atoms with van der Waals surface area (Å²) in [5, 5.41) is 2.92. The van der Waals surface area contributed by atoms with Gasteiger partial charge in [-0.2, -0.15) is 13.2 Å². The molecule has 0 fully saturated rings. The Morgan fingerprint density at radius 3 is 2.18 bits per heavy atom. The Labute approximate surface area is 126 Å². The molecule has 0 atom stereocenters. The number of nitrogens with one attached hydrogen (secondary N) is 1. The van der Waals surface area contributed by atoms with Gasteiger partial charge in [-0.15, -0.1) is 0 Å². The SMILES string of the molecule is Cc1ccc(NC(N)=NCc2ccc(C(F)(F)F)cc2)cc1. The summed E-state index contributed by atoms with van der Waals surface area (Å²) < 4.78 is 37.3. The van der Waals surface area contributed by atoms with Gasteiger partial charge in [0.2, 0.25) is 0 Å². The number of benzene rings is 2. The van der Waals surface area contributed by atoms with E-state index in [1.807, 2.05) is 31.2 Å². The molecule has 0 radical (unpaired) electrons. The van der Waals surface area contributed by atoms with Crippen LogP contribution >= 0.6 is 0 Å². The standard InChI is InChI=1S/C16H16F3N3/c1-11-2-8-14(9-3-11)22-15(20)21-10-12-4-6-13(7-5-12)16(17,18)19/h2-9H,10H2,1H3,(H3,20,21,22). The molecule has 6 heteroatoms. The van der Waals surface area contributed by atoms with Crippen LogP contribution in [0.25, 0.3) is 0 Å². The predicted octanol–water partition coefficient (Wildman–Crippen LogP) is 3.94. The van der Waals surface area contributed by atoms with Crippen LogP contribution in [0.4, 0.5) is 18.9 Å². The van der Waals surface area contributed by atoms with E-state index >= 15 is 0 Å². The van der Waals surface area contributed by atoms with Crippen molar-refractivity contribution >= 4 is 11.6 Å². The number of rotatable bonds is 3. The number of anilines is 1. The Bertz CT molecular complexity index is 644. The minimum atomic E-state index is -4.33. The highest BCUT2D eigenvalue weighted by Gasteiger charge is 2.29. The van der Waals surface area contributed by atoms with Gasteiger partial charge < -0.3 is 11.1 Å². The fourth-order valence-electron chi connectivity index (χ4n) is 1.80. The molecule has 3 N–H and O–H groups in total. The molecule has 116 valence electrons. The highest BCUT2D eigenvalue weighted by Crippen LogP contribution is 2.29. The number of alkyl halides is 3. The number of nitrogens with zero attached hydrogens (tertiary/aromatic N) is 1. The molecule has 0 saturated heterocycles. The normalized spacial score (nSPS) is 12.3. The molecule has 0 unspecified atom stereocenters. The fourth-order valence-corrected chi connectivity index (χ4v) is 1.80. The molecule has 0 amide bonds. The van der Waals surface area contributed by atoms with Crippen molar-refractivity contribution in [2.45, 2.75) is 19.6 Å². The quantitative estimate of drug-likeness (QED) is 0.666. The molecular weight excluding hydrogens is 291 g/mol. The third kappa shape index (κ3) is 4.51. The molecule has 0 spiro atoms. The summed E-state index contributed by atoms with van der Waals surface area (Å²) in [6.45, 7) is 2.19. The van der Waals surface area contributed by atoms with Crippen molar-refractivity contribution in [2.24, 2.45) is 10.7 Å². The summed E-state index contributed by atoms with van der Waals surface area (Å²) in [5.41, 5.74) is 7.66. The first-order chi connectivity index (χ1) is 10.3. The van der Waals surface area contributed by atoms with Gasteiger partial charge in [-0.3, -0.25) is 0 Å². The van der Waals surface area contributed by atoms with E-state index in [0.717, 1.165) is 23.4 Å². The first-order valence-electron chi connectivity index (χ1n) is 6.64. The third-order valence-electron chi connectivity index (χ3n) is 3.04. The first kappa shape index (κ1) is 15.9. The lowest BCUT2D eigenvalue weighted by Gasteiger charge is -2.08. The molecule has 0 aliphatic carbocycles. The van der Waals surface area contributed by atoms with Crippen LogP contribution in [0.15, 0.2) is 53.5 Å². The summed E-state index contributed by atoms with van der Waals surface area (Å²) in [6, 6.07) is 12.5. The van der Waals surface area contributed by atoms with Crippen LogP contribution in [0.1, 0.15) is 16.7 Å². The van der Waals surface area contributed by atoms with Crippen LogP contribution in [-0.4, -0.2) is 5.96 Å². The smallest absolute Gasteiger partial charge is 0.370 e. The van der Waals surface area contributed by atoms with Crippen molar-refractivity contribution in [1.29, 1.82) is 0 Å². The molecule has 2 rings (SSSR count). The maximum atomic E-state index is 12.4. The topological polar surface area (TPSA) is 50.4 Å². The van der Waals surface area contributed by atoms with Gasteiger partial charge in [0, 0.05) is 5.69 Å². The molecular formula is C16H16F3N3. The van der Waals surface area contributed by atoms with Gasteiger partial charge in [-0.1, -0.05) is 29.8 Å². The van der Waals surface area contributed by atoms with E-state index in [2.05, 4.69) is 10.3 Å². The van der Waals surface area contributed by atoms with Crippen molar-refractivity contribution in [2.75, 3.05) is 5.32 Å². The molecule has 22 heavy (non-hydrogen) atoms. The summed E-state index contributed by atoms with van der Waals surface area (Å²) >= 11 is 0. The zero-order valence-electron chi connectivity index (χ0n) is 12.0. The lowest BCUT2D eigenvalue weighted by atomic mass is 10.1. The van der Waals surface area contributed by atoms with Crippen molar-refractivity contribution in [3.8, 4) is 0 Å². The summed E-state index contributed by atoms with van der Waals surface area (Å²) in [7, 11) is 0. The lowest BCUT2D eigenvalue weighted by Crippen LogP contribution is -2.22. The number of halogens is 3. The lowest BCUT2D eigenvalue weighted by molar-refractivity contribution is -0.137. The van der Waals surface area contributed by atoms with Gasteiger partial charge in [-0.25, -0.2) is 4.99 Å². The molecule has 3 nitrogen and oxygen atoms in total. The zero-order valence-corrected chi connectivity index (χ0v) is 12.0. The first-order valence-corrected chi connectivity index (χ1v) is 6.64. The maximum Gasteiger partial charge on any atom is 0.416 e. The van der Waals surface area contributed by atoms with Gasteiger partial charge in [0.1, 0.15) is 0 Å². The number of aliphatic imine (C=N–C) groups is 1. The van der Waals surface area contributed by atoms with Crippen molar-refractivity contribution in [1.82, 2.24) is 0 Å². The number of hydrogen-bond acceptors (Lipinski definition) is 1. The Balaban J connectivity index is 1.97. The van der Waals surface area contributed by atoms with Crippen LogP contribution in [-0.2, 0) is 12.7 Å². The van der Waals surface area contributed by atoms with Crippen LogP contribution in [0.3, 0.4) is 0 Å². The maximum absolute atomic E-state index is 12.4. The number of guanidine groups is 1. The van der Waals surface area contributed by atoms with Crippen LogP contribution < -0.4 is 11.1 Å². The molecule has 0 aliphatic rings. The summed E-state index contributed by atoms with van der Waals surface area (Å²) in [4.78, 5) is 4.11.